The van der Waals surface area contributed by atoms with Crippen molar-refractivity contribution < 1.29 is 9.52 Å². The molecule has 118 valence electrons. The van der Waals surface area contributed by atoms with Crippen molar-refractivity contribution in [3.63, 3.8) is 0 Å². The van der Waals surface area contributed by atoms with Crippen LogP contribution in [0.25, 0.3) is 22.1 Å². The van der Waals surface area contributed by atoms with Crippen molar-refractivity contribution in [3.05, 3.63) is 53.2 Å². The van der Waals surface area contributed by atoms with Gasteiger partial charge >= 0.3 is 0 Å². The maximum absolute atomic E-state index is 12.5. The summed E-state index contributed by atoms with van der Waals surface area (Å²) in [6, 6.07) is 12.2. The van der Waals surface area contributed by atoms with E-state index < -0.39 is 0 Å². The summed E-state index contributed by atoms with van der Waals surface area (Å²) in [4.78, 5) is 18.9. The molecule has 2 aromatic carbocycles. The van der Waals surface area contributed by atoms with Crippen molar-refractivity contribution in [1.82, 2.24) is 15.2 Å². The van der Waals surface area contributed by atoms with Crippen LogP contribution in [0.3, 0.4) is 0 Å². The monoisotopic (exact) mass is 310 g/mol. The lowest BCUT2D eigenvalue weighted by Gasteiger charge is -2.11. The number of fused-ring (bicyclic) bond motifs is 2. The first-order valence-corrected chi connectivity index (χ1v) is 7.42. The lowest BCUT2D eigenvalue weighted by atomic mass is 10.1. The topological polar surface area (TPSA) is 72.2 Å². The number of amides is 1. The van der Waals surface area contributed by atoms with Crippen molar-refractivity contribution in [2.45, 2.75) is 0 Å². The molecule has 0 bridgehead atoms. The standard InChI is InChI=1S/C17H18N4O2/c1-20(2)11-10-18-17(22)12-6-5-9-15-16(12)19-13-7-3-4-8-14(13)21(15)23/h3-9H,10-11H2,1-2H3,(H,18,22). The van der Waals surface area contributed by atoms with Crippen LogP contribution in [-0.4, -0.2) is 43.0 Å². The molecular formula is C17H18N4O2. The zero-order chi connectivity index (χ0) is 16.4. The summed E-state index contributed by atoms with van der Waals surface area (Å²) in [5.41, 5.74) is 2.29. The van der Waals surface area contributed by atoms with E-state index in [4.69, 9.17) is 0 Å². The predicted octanol–water partition coefficient (Wildman–Crippen LogP) is 1.31. The van der Waals surface area contributed by atoms with E-state index >= 15 is 0 Å². The predicted molar refractivity (Wildman–Crippen MR) is 89.1 cm³/mol. The fourth-order valence-electron chi connectivity index (χ4n) is 2.46. The van der Waals surface area contributed by atoms with Gasteiger partial charge in [0.15, 0.2) is 0 Å². The zero-order valence-corrected chi connectivity index (χ0v) is 13.1. The van der Waals surface area contributed by atoms with Crippen LogP contribution in [-0.2, 0) is 0 Å². The quantitative estimate of drug-likeness (QED) is 0.448. The largest absolute Gasteiger partial charge is 0.618 e. The van der Waals surface area contributed by atoms with E-state index in [0.717, 1.165) is 11.3 Å². The van der Waals surface area contributed by atoms with Gasteiger partial charge in [-0.2, -0.15) is 4.73 Å². The molecule has 0 radical (unpaired) electrons. The minimum atomic E-state index is -0.222. The summed E-state index contributed by atoms with van der Waals surface area (Å²) in [6.45, 7) is 1.28. The highest BCUT2D eigenvalue weighted by molar-refractivity contribution is 6.05. The van der Waals surface area contributed by atoms with Crippen molar-refractivity contribution in [1.29, 1.82) is 0 Å². The first-order valence-electron chi connectivity index (χ1n) is 7.42. The smallest absolute Gasteiger partial charge is 0.253 e. The summed E-state index contributed by atoms with van der Waals surface area (Å²) in [6.07, 6.45) is 0. The molecule has 0 aliphatic heterocycles. The molecule has 0 aliphatic carbocycles. The normalized spacial score (nSPS) is 11.3. The van der Waals surface area contributed by atoms with Crippen molar-refractivity contribution in [2.75, 3.05) is 27.2 Å². The van der Waals surface area contributed by atoms with Gasteiger partial charge in [-0.05, 0) is 26.2 Å². The van der Waals surface area contributed by atoms with Gasteiger partial charge in [0.25, 0.3) is 5.91 Å². The molecule has 0 saturated heterocycles. The van der Waals surface area contributed by atoms with Gasteiger partial charge in [0.1, 0.15) is 11.0 Å². The molecule has 6 heteroatoms. The molecular weight excluding hydrogens is 292 g/mol. The van der Waals surface area contributed by atoms with Crippen molar-refractivity contribution >= 4 is 28.0 Å². The van der Waals surface area contributed by atoms with Crippen LogP contribution < -0.4 is 10.0 Å². The Morgan fingerprint density at radius 3 is 2.70 bits per heavy atom. The van der Waals surface area contributed by atoms with Gasteiger partial charge in [-0.3, -0.25) is 4.79 Å². The number of rotatable bonds is 4. The minimum absolute atomic E-state index is 0.222. The summed E-state index contributed by atoms with van der Waals surface area (Å²) in [7, 11) is 3.89. The van der Waals surface area contributed by atoms with E-state index in [1.807, 2.05) is 25.1 Å². The third kappa shape index (κ3) is 2.93. The van der Waals surface area contributed by atoms with Gasteiger partial charge in [0.2, 0.25) is 11.0 Å². The van der Waals surface area contributed by atoms with Crippen LogP contribution in [0.15, 0.2) is 42.5 Å². The Hall–Kier alpha value is -2.73. The van der Waals surface area contributed by atoms with Crippen molar-refractivity contribution in [3.8, 4) is 0 Å². The van der Waals surface area contributed by atoms with Crippen LogP contribution in [0.5, 0.6) is 0 Å². The lowest BCUT2D eigenvalue weighted by molar-refractivity contribution is -0.548. The molecule has 1 amide bonds. The van der Waals surface area contributed by atoms with Crippen LogP contribution in [0.4, 0.5) is 0 Å². The summed E-state index contributed by atoms with van der Waals surface area (Å²) >= 11 is 0. The van der Waals surface area contributed by atoms with E-state index in [9.17, 15) is 10.0 Å². The molecule has 0 spiro atoms. The van der Waals surface area contributed by atoms with Gasteiger partial charge in [0.05, 0.1) is 5.56 Å². The maximum Gasteiger partial charge on any atom is 0.253 e. The summed E-state index contributed by atoms with van der Waals surface area (Å²) in [5, 5.41) is 15.4. The molecule has 1 N–H and O–H groups in total. The second kappa shape index (κ2) is 6.18. The first-order chi connectivity index (χ1) is 11.1. The average Bonchev–Trinajstić information content (AvgIpc) is 2.54. The van der Waals surface area contributed by atoms with Gasteiger partial charge in [0, 0.05) is 25.2 Å². The Morgan fingerprint density at radius 1 is 1.17 bits per heavy atom. The number of hydrogen-bond acceptors (Lipinski definition) is 4. The van der Waals surface area contributed by atoms with Gasteiger partial charge in [-0.1, -0.05) is 18.2 Å². The fourth-order valence-corrected chi connectivity index (χ4v) is 2.46. The number of aromatic nitrogens is 2. The number of hydrogen-bond donors (Lipinski definition) is 1. The van der Waals surface area contributed by atoms with Gasteiger partial charge in [-0.25, -0.2) is 4.98 Å². The highest BCUT2D eigenvalue weighted by atomic mass is 16.5. The molecule has 1 aromatic heterocycles. The van der Waals surface area contributed by atoms with Crippen LogP contribution in [0.2, 0.25) is 0 Å². The minimum Gasteiger partial charge on any atom is -0.618 e. The number of likely N-dealkylation sites (N-methyl/N-ethyl adjacent to an activating group) is 1. The van der Waals surface area contributed by atoms with Crippen LogP contribution in [0, 0.1) is 5.21 Å². The molecule has 0 aliphatic rings. The molecule has 3 rings (SSSR count). The summed E-state index contributed by atoms with van der Waals surface area (Å²) < 4.78 is 0.828. The Bertz CT molecular complexity index is 877. The molecule has 1 heterocycles. The second-order valence-electron chi connectivity index (χ2n) is 5.63. The lowest BCUT2D eigenvalue weighted by Crippen LogP contribution is -2.33. The molecule has 23 heavy (non-hydrogen) atoms. The zero-order valence-electron chi connectivity index (χ0n) is 13.1. The average molecular weight is 310 g/mol. The fraction of sp³-hybridized carbons (Fsp3) is 0.235. The van der Waals surface area contributed by atoms with Gasteiger partial charge < -0.3 is 15.4 Å². The highest BCUT2D eigenvalue weighted by Gasteiger charge is 2.18. The summed E-state index contributed by atoms with van der Waals surface area (Å²) in [5.74, 6) is -0.222. The number of carbonyl (C=O) groups excluding carboxylic acids is 1. The molecule has 0 fully saturated rings. The van der Waals surface area contributed by atoms with E-state index in [2.05, 4.69) is 10.3 Å². The van der Waals surface area contributed by atoms with E-state index in [1.54, 1.807) is 36.4 Å². The number of benzene rings is 2. The van der Waals surface area contributed by atoms with Gasteiger partial charge in [-0.15, -0.1) is 0 Å². The maximum atomic E-state index is 12.5. The third-order valence-corrected chi connectivity index (χ3v) is 3.66. The number of para-hydroxylation sites is 3. The number of carbonyl (C=O) groups is 1. The Kier molecular flexibility index (Phi) is 4.08. The molecule has 0 atom stereocenters. The SMILES string of the molecule is CN(C)CCNC(=O)c1cccc2c1nc1ccccc1[n+]2[O-]. The second-order valence-corrected chi connectivity index (χ2v) is 5.63. The Balaban J connectivity index is 2.06. The van der Waals surface area contributed by atoms with E-state index in [1.165, 1.54) is 0 Å². The Morgan fingerprint density at radius 2 is 1.91 bits per heavy atom. The molecule has 6 nitrogen and oxygen atoms in total. The van der Waals surface area contributed by atoms with Crippen LogP contribution >= 0.6 is 0 Å². The van der Waals surface area contributed by atoms with E-state index in [0.29, 0.717) is 34.2 Å². The number of nitrogens with one attached hydrogen (secondary N) is 1. The highest BCUT2D eigenvalue weighted by Crippen LogP contribution is 2.17. The first kappa shape index (κ1) is 15.2. The van der Waals surface area contributed by atoms with E-state index in [-0.39, 0.29) is 5.91 Å². The molecule has 0 unspecified atom stereocenters. The van der Waals surface area contributed by atoms with Crippen molar-refractivity contribution in [2.24, 2.45) is 0 Å². The Labute approximate surface area is 133 Å². The van der Waals surface area contributed by atoms with Crippen LogP contribution in [0.1, 0.15) is 10.4 Å². The molecule has 3 aromatic rings. The number of nitrogens with zero attached hydrogens (tertiary/aromatic N) is 3. The third-order valence-electron chi connectivity index (χ3n) is 3.66. The molecule has 0 saturated carbocycles.